The Balaban J connectivity index is 1.20. The van der Waals surface area contributed by atoms with E-state index in [0.717, 1.165) is 65.2 Å². The molecule has 0 fully saturated rings. The molecule has 0 saturated heterocycles. The molecule has 1 N–H and O–H groups in total. The quantitative estimate of drug-likeness (QED) is 0.225. The van der Waals surface area contributed by atoms with Gasteiger partial charge in [0, 0.05) is 46.1 Å². The maximum atomic E-state index is 6.34. The van der Waals surface area contributed by atoms with Gasteiger partial charge in [0.05, 0.1) is 6.04 Å². The first kappa shape index (κ1) is 25.3. The summed E-state index contributed by atoms with van der Waals surface area (Å²) in [6.45, 7) is 0. The molecule has 4 heteroatoms. The molecular weight excluding hydrogens is 538 g/mol. The zero-order valence-corrected chi connectivity index (χ0v) is 24.3. The van der Waals surface area contributed by atoms with Crippen molar-refractivity contribution < 1.29 is 4.42 Å². The second-order valence-corrected chi connectivity index (χ2v) is 12.1. The summed E-state index contributed by atoms with van der Waals surface area (Å²) >= 11 is 0. The number of para-hydroxylation sites is 1. The van der Waals surface area contributed by atoms with Gasteiger partial charge in [-0.3, -0.25) is 9.98 Å². The molecule has 2 atom stereocenters. The number of nitrogens with zero attached hydrogens (tertiary/aromatic N) is 2. The van der Waals surface area contributed by atoms with Crippen molar-refractivity contribution in [1.29, 1.82) is 0 Å². The van der Waals surface area contributed by atoms with Crippen LogP contribution in [0.25, 0.3) is 33.9 Å². The highest BCUT2D eigenvalue weighted by atomic mass is 16.3. The van der Waals surface area contributed by atoms with E-state index in [4.69, 9.17) is 9.41 Å². The van der Waals surface area contributed by atoms with Crippen LogP contribution in [0.5, 0.6) is 0 Å². The van der Waals surface area contributed by atoms with Crippen molar-refractivity contribution >= 4 is 28.6 Å². The molecule has 2 unspecified atom stereocenters. The average molecular weight is 570 g/mol. The Labute approximate surface area is 256 Å². The van der Waals surface area contributed by atoms with E-state index in [-0.39, 0.29) is 6.04 Å². The Morgan fingerprint density at radius 1 is 0.886 bits per heavy atom. The van der Waals surface area contributed by atoms with E-state index in [1.165, 1.54) is 38.8 Å². The summed E-state index contributed by atoms with van der Waals surface area (Å²) in [6.07, 6.45) is 21.2. The van der Waals surface area contributed by atoms with Crippen LogP contribution >= 0.6 is 0 Å². The first-order valence-electron chi connectivity index (χ1n) is 15.6. The first-order valence-corrected chi connectivity index (χ1v) is 15.6. The Kier molecular flexibility index (Phi) is 5.86. The molecule has 0 amide bonds. The van der Waals surface area contributed by atoms with Crippen LogP contribution in [0.3, 0.4) is 0 Å². The van der Waals surface area contributed by atoms with Crippen LogP contribution in [0.4, 0.5) is 0 Å². The summed E-state index contributed by atoms with van der Waals surface area (Å²) in [4.78, 5) is 9.91. The van der Waals surface area contributed by atoms with Crippen LogP contribution in [-0.2, 0) is 12.8 Å². The molecule has 10 rings (SSSR count). The maximum absolute atomic E-state index is 6.34. The third-order valence-electron chi connectivity index (χ3n) is 9.45. The number of hydrogen-bond acceptors (Lipinski definition) is 4. The number of aryl methyl sites for hydroxylation is 1. The van der Waals surface area contributed by atoms with E-state index in [0.29, 0.717) is 5.92 Å². The van der Waals surface area contributed by atoms with Gasteiger partial charge in [0.15, 0.2) is 0 Å². The maximum Gasteiger partial charge on any atom is 0.135 e. The normalized spacial score (nSPS) is 19.9. The Hall–Kier alpha value is -5.22. The highest BCUT2D eigenvalue weighted by Gasteiger charge is 2.31. The third-order valence-corrected chi connectivity index (χ3v) is 9.45. The summed E-state index contributed by atoms with van der Waals surface area (Å²) in [5.74, 6) is 2.25. The number of benzene rings is 3. The Morgan fingerprint density at radius 3 is 2.64 bits per heavy atom. The van der Waals surface area contributed by atoms with Gasteiger partial charge in [0.2, 0.25) is 0 Å². The smallest absolute Gasteiger partial charge is 0.135 e. The number of aliphatic imine (C=N–C) groups is 1. The fraction of sp³-hybridized carbons (Fsp3) is 0.150. The number of amidine groups is 1. The van der Waals surface area contributed by atoms with Gasteiger partial charge in [-0.25, -0.2) is 0 Å². The molecule has 1 aliphatic heterocycles. The fourth-order valence-corrected chi connectivity index (χ4v) is 7.29. The van der Waals surface area contributed by atoms with Crippen LogP contribution in [0.2, 0.25) is 0 Å². The average Bonchev–Trinajstić information content (AvgIpc) is 3.46. The molecule has 212 valence electrons. The molecule has 4 nitrogen and oxygen atoms in total. The predicted octanol–water partition coefficient (Wildman–Crippen LogP) is 9.11. The first-order chi connectivity index (χ1) is 21.8. The number of pyridine rings is 1. The minimum absolute atomic E-state index is 0.0974. The Morgan fingerprint density at radius 2 is 1.77 bits per heavy atom. The molecule has 44 heavy (non-hydrogen) atoms. The standard InChI is InChI=1S/C40H31N3O/c1-2-9-26(10-3-1)34-21-25-19-29(20-25)39(34)36-23-35(31-13-5-4-12-30(31)28-11-8-18-41-24-28)42-40(43-36)27-16-17-33-32-14-6-7-15-37(32)44-38(33)22-27/h1-9,11-15,18-19,21-24,26,36H,10,16-17,20H2,(H,42,43). The number of hydrogen-bond donors (Lipinski definition) is 1. The van der Waals surface area contributed by atoms with Crippen LogP contribution in [-0.4, -0.2) is 10.8 Å². The van der Waals surface area contributed by atoms with Gasteiger partial charge in [-0.15, -0.1) is 0 Å². The van der Waals surface area contributed by atoms with Crippen molar-refractivity contribution in [1.82, 2.24) is 10.3 Å². The van der Waals surface area contributed by atoms with E-state index in [1.54, 1.807) is 0 Å². The van der Waals surface area contributed by atoms with Gasteiger partial charge in [-0.05, 0) is 83.4 Å². The molecule has 0 saturated carbocycles. The highest BCUT2D eigenvalue weighted by molar-refractivity contribution is 6.09. The highest BCUT2D eigenvalue weighted by Crippen LogP contribution is 2.44. The molecule has 4 aliphatic carbocycles. The van der Waals surface area contributed by atoms with Gasteiger partial charge < -0.3 is 9.73 Å². The van der Waals surface area contributed by atoms with Crippen LogP contribution < -0.4 is 5.32 Å². The molecular formula is C40H31N3O. The summed E-state index contributed by atoms with van der Waals surface area (Å²) < 4.78 is 6.34. The predicted molar refractivity (Wildman–Crippen MR) is 178 cm³/mol. The summed E-state index contributed by atoms with van der Waals surface area (Å²) in [5.41, 5.74) is 13.5. The molecule has 5 aromatic rings. The molecule has 5 aliphatic rings. The van der Waals surface area contributed by atoms with E-state index in [1.807, 2.05) is 24.5 Å². The lowest BCUT2D eigenvalue weighted by Crippen LogP contribution is -2.30. The van der Waals surface area contributed by atoms with E-state index in [2.05, 4.69) is 107 Å². The molecule has 0 spiro atoms. The monoisotopic (exact) mass is 569 g/mol. The van der Waals surface area contributed by atoms with Gasteiger partial charge in [-0.1, -0.05) is 85.0 Å². The zero-order valence-electron chi connectivity index (χ0n) is 24.3. The minimum atomic E-state index is -0.0974. The second kappa shape index (κ2) is 10.2. The number of aromatic nitrogens is 1. The van der Waals surface area contributed by atoms with Gasteiger partial charge in [-0.2, -0.15) is 0 Å². The fourth-order valence-electron chi connectivity index (χ4n) is 7.29. The SMILES string of the molecule is C1=CCC(c2cc3cc(c2C2C=C(c4ccccc4-c4cccnc4)NC(C4=Cc5oc6ccccc6c5CC4)=N2)C3)C=C1. The number of nitrogens with one attached hydrogen (secondary N) is 1. The lowest BCUT2D eigenvalue weighted by atomic mass is 9.76. The van der Waals surface area contributed by atoms with Crippen molar-refractivity contribution in [3.8, 4) is 11.1 Å². The molecule has 3 aromatic carbocycles. The summed E-state index contributed by atoms with van der Waals surface area (Å²) in [6, 6.07) is 25.8. The lowest BCUT2D eigenvalue weighted by molar-refractivity contribution is 0.594. The Bertz CT molecular complexity index is 2110. The van der Waals surface area contributed by atoms with Crippen molar-refractivity contribution in [2.24, 2.45) is 4.99 Å². The zero-order chi connectivity index (χ0) is 29.0. The van der Waals surface area contributed by atoms with E-state index in [9.17, 15) is 0 Å². The molecule has 0 radical (unpaired) electrons. The lowest BCUT2D eigenvalue weighted by Gasteiger charge is -2.33. The second-order valence-electron chi connectivity index (χ2n) is 12.1. The van der Waals surface area contributed by atoms with E-state index < -0.39 is 0 Å². The van der Waals surface area contributed by atoms with Gasteiger partial charge >= 0.3 is 0 Å². The van der Waals surface area contributed by atoms with Crippen molar-refractivity contribution in [2.75, 3.05) is 0 Å². The van der Waals surface area contributed by atoms with Crippen LogP contribution in [0, 0.1) is 0 Å². The largest absolute Gasteiger partial charge is 0.456 e. The number of allylic oxidation sites excluding steroid dienone is 4. The minimum Gasteiger partial charge on any atom is -0.456 e. The molecule has 2 bridgehead atoms. The van der Waals surface area contributed by atoms with Crippen molar-refractivity contribution in [3.63, 3.8) is 0 Å². The van der Waals surface area contributed by atoms with Gasteiger partial charge in [0.25, 0.3) is 0 Å². The number of furan rings is 1. The van der Waals surface area contributed by atoms with Crippen LogP contribution in [0.1, 0.15) is 63.9 Å². The topological polar surface area (TPSA) is 50.4 Å². The number of fused-ring (bicyclic) bond motifs is 5. The summed E-state index contributed by atoms with van der Waals surface area (Å²) in [5, 5.41) is 5.02. The van der Waals surface area contributed by atoms with Crippen LogP contribution in [0.15, 0.2) is 131 Å². The molecule has 2 aromatic heterocycles. The third kappa shape index (κ3) is 4.21. The van der Waals surface area contributed by atoms with Crippen molar-refractivity contribution in [3.05, 3.63) is 160 Å². The molecule has 3 heterocycles. The number of rotatable bonds is 5. The van der Waals surface area contributed by atoms with E-state index >= 15 is 0 Å². The van der Waals surface area contributed by atoms with Crippen molar-refractivity contribution in [2.45, 2.75) is 37.6 Å². The summed E-state index contributed by atoms with van der Waals surface area (Å²) in [7, 11) is 0. The van der Waals surface area contributed by atoms with Gasteiger partial charge in [0.1, 0.15) is 17.2 Å².